The molecule has 3 heterocycles. The Morgan fingerprint density at radius 3 is 2.42 bits per heavy atom. The fraction of sp³-hybridized carbons (Fsp3) is 0.476. The second-order valence-electron chi connectivity index (χ2n) is 7.75. The fourth-order valence-corrected chi connectivity index (χ4v) is 3.88. The molecule has 0 spiro atoms. The number of aromatic nitrogens is 2. The van der Waals surface area contributed by atoms with Crippen molar-refractivity contribution in [2.75, 3.05) is 31.1 Å². The van der Waals surface area contributed by atoms with Gasteiger partial charge in [-0.1, -0.05) is 6.07 Å². The number of carbonyl (C=O) groups is 1. The Kier molecular flexibility index (Phi) is 3.88. The lowest BCUT2D eigenvalue weighted by Crippen LogP contribution is -2.49. The summed E-state index contributed by atoms with van der Waals surface area (Å²) in [6.45, 7) is 3.18. The van der Waals surface area contributed by atoms with Gasteiger partial charge in [0, 0.05) is 44.8 Å². The second-order valence-corrected chi connectivity index (χ2v) is 7.75. The zero-order chi connectivity index (χ0) is 17.5. The van der Waals surface area contributed by atoms with E-state index in [0.29, 0.717) is 11.5 Å². The van der Waals surface area contributed by atoms with Gasteiger partial charge in [-0.05, 0) is 60.8 Å². The van der Waals surface area contributed by atoms with E-state index in [2.05, 4.69) is 22.1 Å². The molecule has 2 saturated carbocycles. The Bertz CT molecular complexity index is 806. The van der Waals surface area contributed by atoms with Gasteiger partial charge >= 0.3 is 0 Å². The molecule has 0 N–H and O–H groups in total. The van der Waals surface area contributed by atoms with E-state index in [4.69, 9.17) is 4.98 Å². The van der Waals surface area contributed by atoms with Crippen LogP contribution >= 0.6 is 0 Å². The number of pyridine rings is 2. The molecule has 3 aliphatic rings. The van der Waals surface area contributed by atoms with E-state index in [9.17, 15) is 4.79 Å². The zero-order valence-electron chi connectivity index (χ0n) is 15.0. The fourth-order valence-electron chi connectivity index (χ4n) is 3.88. The highest BCUT2D eigenvalue weighted by atomic mass is 16.2. The molecule has 0 radical (unpaired) electrons. The van der Waals surface area contributed by atoms with Crippen molar-refractivity contribution in [1.29, 1.82) is 0 Å². The van der Waals surface area contributed by atoms with Crippen LogP contribution in [0.4, 0.5) is 5.82 Å². The van der Waals surface area contributed by atoms with Gasteiger partial charge in [0.25, 0.3) is 5.91 Å². The minimum absolute atomic E-state index is 0.0807. The Morgan fingerprint density at radius 1 is 1.00 bits per heavy atom. The third-order valence-corrected chi connectivity index (χ3v) is 5.76. The molecular weight excluding hydrogens is 324 g/mol. The molecule has 0 unspecified atom stereocenters. The van der Waals surface area contributed by atoms with Crippen molar-refractivity contribution in [2.45, 2.75) is 37.5 Å². The normalized spacial score (nSPS) is 20.3. The Labute approximate surface area is 154 Å². The number of anilines is 1. The van der Waals surface area contributed by atoms with Gasteiger partial charge in [-0.25, -0.2) is 4.98 Å². The third-order valence-electron chi connectivity index (χ3n) is 5.76. The van der Waals surface area contributed by atoms with E-state index in [1.807, 2.05) is 17.0 Å². The molecule has 0 aromatic carbocycles. The molecule has 0 bridgehead atoms. The Balaban J connectivity index is 1.30. The van der Waals surface area contributed by atoms with Crippen molar-refractivity contribution in [2.24, 2.45) is 0 Å². The van der Waals surface area contributed by atoms with Crippen LogP contribution in [0, 0.1) is 0 Å². The van der Waals surface area contributed by atoms with Gasteiger partial charge in [-0.15, -0.1) is 0 Å². The average molecular weight is 348 g/mol. The molecule has 5 rings (SSSR count). The van der Waals surface area contributed by atoms with Crippen LogP contribution in [0.25, 0.3) is 0 Å². The van der Waals surface area contributed by atoms with E-state index >= 15 is 0 Å². The summed E-state index contributed by atoms with van der Waals surface area (Å²) in [6, 6.07) is 6.08. The average Bonchev–Trinajstić information content (AvgIpc) is 3.60. The summed E-state index contributed by atoms with van der Waals surface area (Å²) in [7, 11) is 0. The number of amides is 1. The molecule has 2 aromatic heterocycles. The maximum absolute atomic E-state index is 12.6. The first kappa shape index (κ1) is 15.8. The monoisotopic (exact) mass is 348 g/mol. The van der Waals surface area contributed by atoms with Crippen molar-refractivity contribution >= 4 is 11.7 Å². The van der Waals surface area contributed by atoms with Crippen LogP contribution < -0.4 is 4.90 Å². The summed E-state index contributed by atoms with van der Waals surface area (Å²) in [6.07, 6.45) is 10.7. The van der Waals surface area contributed by atoms with Gasteiger partial charge < -0.3 is 9.80 Å². The van der Waals surface area contributed by atoms with Crippen molar-refractivity contribution in [3.05, 3.63) is 53.5 Å². The van der Waals surface area contributed by atoms with E-state index in [0.717, 1.165) is 37.9 Å². The van der Waals surface area contributed by atoms with Crippen LogP contribution in [-0.2, 0) is 0 Å². The zero-order valence-corrected chi connectivity index (χ0v) is 15.0. The largest absolute Gasteiger partial charge is 0.353 e. The summed E-state index contributed by atoms with van der Waals surface area (Å²) >= 11 is 0. The molecule has 134 valence electrons. The van der Waals surface area contributed by atoms with Crippen LogP contribution in [0.15, 0.2) is 36.8 Å². The van der Waals surface area contributed by atoms with Crippen molar-refractivity contribution < 1.29 is 4.79 Å². The van der Waals surface area contributed by atoms with E-state index in [-0.39, 0.29) is 5.91 Å². The summed E-state index contributed by atoms with van der Waals surface area (Å²) in [4.78, 5) is 25.8. The van der Waals surface area contributed by atoms with E-state index in [1.165, 1.54) is 36.8 Å². The first-order valence-corrected chi connectivity index (χ1v) is 9.73. The molecule has 5 nitrogen and oxygen atoms in total. The van der Waals surface area contributed by atoms with Crippen LogP contribution in [0.1, 0.15) is 59.0 Å². The lowest BCUT2D eigenvalue weighted by atomic mass is 10.1. The standard InChI is InChI=1S/C21H24N4O/c26-21(17-2-1-7-22-13-17)25-10-8-24(9-11-25)20-19(16-5-6-16)12-18(14-23-20)15-3-4-15/h1-2,7,12-16H,3-6,8-11H2. The molecule has 5 heteroatoms. The molecule has 0 atom stereocenters. The maximum atomic E-state index is 12.6. The van der Waals surface area contributed by atoms with Gasteiger partial charge in [-0.3, -0.25) is 9.78 Å². The molecule has 1 saturated heterocycles. The van der Waals surface area contributed by atoms with Crippen LogP contribution in [0.2, 0.25) is 0 Å². The van der Waals surface area contributed by atoms with Crippen LogP contribution in [0.5, 0.6) is 0 Å². The smallest absolute Gasteiger partial charge is 0.255 e. The lowest BCUT2D eigenvalue weighted by Gasteiger charge is -2.36. The number of hydrogen-bond acceptors (Lipinski definition) is 4. The quantitative estimate of drug-likeness (QED) is 0.851. The molecule has 2 aromatic rings. The van der Waals surface area contributed by atoms with Crippen molar-refractivity contribution in [3.63, 3.8) is 0 Å². The summed E-state index contributed by atoms with van der Waals surface area (Å²) < 4.78 is 0. The topological polar surface area (TPSA) is 49.3 Å². The highest BCUT2D eigenvalue weighted by Gasteiger charge is 2.33. The second kappa shape index (κ2) is 6.38. The van der Waals surface area contributed by atoms with Crippen LogP contribution in [0.3, 0.4) is 0 Å². The first-order chi connectivity index (χ1) is 12.8. The molecule has 26 heavy (non-hydrogen) atoms. The minimum Gasteiger partial charge on any atom is -0.353 e. The van der Waals surface area contributed by atoms with Gasteiger partial charge in [0.1, 0.15) is 5.82 Å². The van der Waals surface area contributed by atoms with Crippen molar-refractivity contribution in [3.8, 4) is 0 Å². The Morgan fingerprint density at radius 2 is 1.77 bits per heavy atom. The number of carbonyl (C=O) groups excluding carboxylic acids is 1. The van der Waals surface area contributed by atoms with Gasteiger partial charge in [0.05, 0.1) is 5.56 Å². The maximum Gasteiger partial charge on any atom is 0.255 e. The van der Waals surface area contributed by atoms with Gasteiger partial charge in [-0.2, -0.15) is 0 Å². The van der Waals surface area contributed by atoms with Crippen molar-refractivity contribution in [1.82, 2.24) is 14.9 Å². The molecule has 2 aliphatic carbocycles. The number of hydrogen-bond donors (Lipinski definition) is 0. The molecule has 3 fully saturated rings. The highest BCUT2D eigenvalue weighted by Crippen LogP contribution is 2.47. The Hall–Kier alpha value is -2.43. The molecule has 1 aliphatic heterocycles. The van der Waals surface area contributed by atoms with E-state index in [1.54, 1.807) is 12.4 Å². The van der Waals surface area contributed by atoms with Crippen LogP contribution in [-0.4, -0.2) is 47.0 Å². The summed E-state index contributed by atoms with van der Waals surface area (Å²) in [5.74, 6) is 2.69. The molecular formula is C21H24N4O. The predicted molar refractivity (Wildman–Crippen MR) is 101 cm³/mol. The molecule has 1 amide bonds. The third kappa shape index (κ3) is 3.06. The van der Waals surface area contributed by atoms with E-state index < -0.39 is 0 Å². The SMILES string of the molecule is O=C(c1cccnc1)N1CCN(c2ncc(C3CC3)cc2C2CC2)CC1. The lowest BCUT2D eigenvalue weighted by molar-refractivity contribution is 0.0746. The van der Waals surface area contributed by atoms with Gasteiger partial charge in [0.2, 0.25) is 0 Å². The van der Waals surface area contributed by atoms with Gasteiger partial charge in [0.15, 0.2) is 0 Å². The minimum atomic E-state index is 0.0807. The summed E-state index contributed by atoms with van der Waals surface area (Å²) in [5.41, 5.74) is 3.55. The number of rotatable bonds is 4. The summed E-state index contributed by atoms with van der Waals surface area (Å²) in [5, 5.41) is 0. The number of piperazine rings is 1. The predicted octanol–water partition coefficient (Wildman–Crippen LogP) is 3.19. The highest BCUT2D eigenvalue weighted by molar-refractivity contribution is 5.94. The first-order valence-electron chi connectivity index (χ1n) is 9.73. The number of nitrogens with zero attached hydrogens (tertiary/aromatic N) is 4.